The number of sulfone groups is 1. The van der Waals surface area contributed by atoms with Crippen molar-refractivity contribution in [1.82, 2.24) is 4.90 Å². The van der Waals surface area contributed by atoms with Crippen LogP contribution >= 0.6 is 0 Å². The number of halogens is 4. The van der Waals surface area contributed by atoms with Crippen molar-refractivity contribution in [2.24, 2.45) is 0 Å². The van der Waals surface area contributed by atoms with Gasteiger partial charge in [-0.15, -0.1) is 0 Å². The monoisotopic (exact) mass is 629 g/mol. The molecule has 4 aromatic rings. The average molecular weight is 630 g/mol. The number of aliphatic hydroxyl groups is 1. The van der Waals surface area contributed by atoms with Crippen molar-refractivity contribution < 1.29 is 35.8 Å². The summed E-state index contributed by atoms with van der Waals surface area (Å²) in [6, 6.07) is 27.2. The fourth-order valence-corrected chi connectivity index (χ4v) is 6.21. The van der Waals surface area contributed by atoms with Crippen LogP contribution < -0.4 is 4.74 Å². The van der Waals surface area contributed by atoms with Crippen molar-refractivity contribution in [3.8, 4) is 5.75 Å². The zero-order valence-corrected chi connectivity index (χ0v) is 25.3. The first kappa shape index (κ1) is 33.2. The first-order valence-electron chi connectivity index (χ1n) is 14.2. The van der Waals surface area contributed by atoms with E-state index in [1.165, 1.54) is 19.1 Å². The highest BCUT2D eigenvalue weighted by molar-refractivity contribution is 7.90. The number of hydrogen-bond acceptors (Lipinski definition) is 5. The van der Waals surface area contributed by atoms with E-state index in [-0.39, 0.29) is 35.3 Å². The van der Waals surface area contributed by atoms with E-state index >= 15 is 0 Å². The van der Waals surface area contributed by atoms with Gasteiger partial charge in [-0.1, -0.05) is 78.9 Å². The van der Waals surface area contributed by atoms with Gasteiger partial charge < -0.3 is 9.84 Å². The lowest BCUT2D eigenvalue weighted by Crippen LogP contribution is -2.31. The summed E-state index contributed by atoms with van der Waals surface area (Å²) in [6.45, 7) is 2.55. The predicted octanol–water partition coefficient (Wildman–Crippen LogP) is 7.40. The Hall–Kier alpha value is -3.73. The van der Waals surface area contributed by atoms with Crippen molar-refractivity contribution >= 4 is 9.84 Å². The normalized spacial score (nSPS) is 12.9. The summed E-state index contributed by atoms with van der Waals surface area (Å²) in [5.74, 6) is -0.954. The second-order valence-corrected chi connectivity index (χ2v) is 12.8. The quantitative estimate of drug-likeness (QED) is 0.123. The minimum Gasteiger partial charge on any atom is -0.493 e. The lowest BCUT2D eigenvalue weighted by atomic mass is 9.90. The molecule has 0 aliphatic heterocycles. The molecule has 0 heterocycles. The molecular formula is C34H35F4NO4S. The minimum atomic E-state index is -4.46. The topological polar surface area (TPSA) is 66.8 Å². The molecule has 0 fully saturated rings. The molecule has 1 atom stereocenters. The summed E-state index contributed by atoms with van der Waals surface area (Å²) >= 11 is 0. The predicted molar refractivity (Wildman–Crippen MR) is 162 cm³/mol. The molecular weight excluding hydrogens is 594 g/mol. The van der Waals surface area contributed by atoms with Gasteiger partial charge in [0, 0.05) is 43.4 Å². The molecule has 1 N–H and O–H groups in total. The summed E-state index contributed by atoms with van der Waals surface area (Å²) < 4.78 is 85.4. The van der Waals surface area contributed by atoms with E-state index in [2.05, 4.69) is 4.90 Å². The molecule has 44 heavy (non-hydrogen) atoms. The van der Waals surface area contributed by atoms with Gasteiger partial charge in [-0.3, -0.25) is 4.90 Å². The van der Waals surface area contributed by atoms with Crippen molar-refractivity contribution in [1.29, 1.82) is 0 Å². The lowest BCUT2D eigenvalue weighted by Gasteiger charge is -2.29. The molecule has 0 aliphatic rings. The third-order valence-corrected chi connectivity index (χ3v) is 8.41. The molecule has 5 nitrogen and oxygen atoms in total. The largest absolute Gasteiger partial charge is 0.493 e. The number of nitrogens with zero attached hydrogens (tertiary/aromatic N) is 1. The van der Waals surface area contributed by atoms with Crippen LogP contribution in [0.4, 0.5) is 17.6 Å². The first-order chi connectivity index (χ1) is 20.8. The van der Waals surface area contributed by atoms with Crippen LogP contribution in [0.5, 0.6) is 5.75 Å². The Morgan fingerprint density at radius 3 is 2.05 bits per heavy atom. The van der Waals surface area contributed by atoms with Crippen LogP contribution in [-0.2, 0) is 22.6 Å². The number of alkyl halides is 3. The zero-order valence-electron chi connectivity index (χ0n) is 24.5. The maximum atomic E-state index is 14.8. The molecule has 234 valence electrons. The highest BCUT2D eigenvalue weighted by Crippen LogP contribution is 2.32. The Labute approximate surface area is 255 Å². The average Bonchev–Trinajstić information content (AvgIpc) is 2.97. The van der Waals surface area contributed by atoms with E-state index < -0.39 is 33.5 Å². The SMILES string of the molecule is CC(O)c1c(F)cc(OCCCN(Cc2cccc(C(F)(F)F)c2)CC(c2ccccc2)c2ccccc2)cc1S(C)(=O)=O. The number of hydrogen-bond donors (Lipinski definition) is 1. The van der Waals surface area contributed by atoms with Crippen LogP contribution in [0.15, 0.2) is 102 Å². The van der Waals surface area contributed by atoms with Gasteiger partial charge in [0.25, 0.3) is 0 Å². The minimum absolute atomic E-state index is 0.00296. The van der Waals surface area contributed by atoms with Crippen LogP contribution in [-0.4, -0.2) is 44.4 Å². The molecule has 10 heteroatoms. The number of rotatable bonds is 13. The van der Waals surface area contributed by atoms with Gasteiger partial charge >= 0.3 is 6.18 Å². The zero-order chi connectivity index (χ0) is 31.9. The van der Waals surface area contributed by atoms with Crippen LogP contribution in [0.2, 0.25) is 0 Å². The van der Waals surface area contributed by atoms with Crippen LogP contribution in [0.3, 0.4) is 0 Å². The molecule has 1 unspecified atom stereocenters. The van der Waals surface area contributed by atoms with Gasteiger partial charge in [-0.05, 0) is 42.2 Å². The van der Waals surface area contributed by atoms with Gasteiger partial charge in [-0.2, -0.15) is 13.2 Å². The van der Waals surface area contributed by atoms with Crippen LogP contribution in [0.1, 0.15) is 53.2 Å². The Bertz CT molecular complexity index is 1590. The number of benzene rings is 4. The van der Waals surface area contributed by atoms with Crippen molar-refractivity contribution in [3.05, 3.63) is 131 Å². The van der Waals surface area contributed by atoms with Gasteiger partial charge in [0.2, 0.25) is 0 Å². The van der Waals surface area contributed by atoms with Crippen molar-refractivity contribution in [3.63, 3.8) is 0 Å². The summed E-state index contributed by atoms with van der Waals surface area (Å²) in [4.78, 5) is 1.71. The summed E-state index contributed by atoms with van der Waals surface area (Å²) in [6.07, 6.45) is -4.45. The van der Waals surface area contributed by atoms with E-state index in [0.717, 1.165) is 35.6 Å². The number of ether oxygens (including phenoxy) is 1. The molecule has 0 amide bonds. The summed E-state index contributed by atoms with van der Waals surface area (Å²) in [7, 11) is -3.85. The van der Waals surface area contributed by atoms with Crippen LogP contribution in [0, 0.1) is 5.82 Å². The Morgan fingerprint density at radius 1 is 0.886 bits per heavy atom. The van der Waals surface area contributed by atoms with Crippen molar-refractivity contribution in [2.45, 2.75) is 43.0 Å². The van der Waals surface area contributed by atoms with Gasteiger partial charge in [0.1, 0.15) is 11.6 Å². The Kier molecular flexibility index (Phi) is 10.8. The lowest BCUT2D eigenvalue weighted by molar-refractivity contribution is -0.137. The van der Waals surface area contributed by atoms with E-state index in [4.69, 9.17) is 4.74 Å². The molecule has 0 aromatic heterocycles. The fourth-order valence-electron chi connectivity index (χ4n) is 5.21. The van der Waals surface area contributed by atoms with Gasteiger partial charge in [-0.25, -0.2) is 12.8 Å². The Balaban J connectivity index is 1.56. The maximum absolute atomic E-state index is 14.8. The molecule has 4 rings (SSSR count). The molecule has 0 aliphatic carbocycles. The number of aliphatic hydroxyl groups excluding tert-OH is 1. The standard InChI is InChI=1S/C34H35F4NO4S/c1-24(40)33-31(35)20-29(21-32(33)44(2,41)42)43-18-10-17-39(22-25-11-9-16-28(19-25)34(36,37)38)23-30(26-12-5-3-6-13-26)27-14-7-4-8-15-27/h3-9,11-16,19-21,24,30,40H,10,17-18,22-23H2,1-2H3. The third-order valence-electron chi connectivity index (χ3n) is 7.27. The molecule has 0 bridgehead atoms. The third kappa shape index (κ3) is 8.90. The highest BCUT2D eigenvalue weighted by atomic mass is 32.2. The molecule has 0 saturated carbocycles. The van der Waals surface area contributed by atoms with E-state index in [1.54, 1.807) is 6.07 Å². The maximum Gasteiger partial charge on any atom is 0.416 e. The van der Waals surface area contributed by atoms with Crippen LogP contribution in [0.25, 0.3) is 0 Å². The molecule has 0 saturated heterocycles. The molecule has 0 radical (unpaired) electrons. The first-order valence-corrected chi connectivity index (χ1v) is 16.0. The molecule has 0 spiro atoms. The molecule has 4 aromatic carbocycles. The highest BCUT2D eigenvalue weighted by Gasteiger charge is 2.30. The fraction of sp³-hybridized carbons (Fsp3) is 0.294. The summed E-state index contributed by atoms with van der Waals surface area (Å²) in [5.41, 5.74) is 1.59. The second kappa shape index (κ2) is 14.4. The smallest absolute Gasteiger partial charge is 0.416 e. The second-order valence-electron chi connectivity index (χ2n) is 10.8. The summed E-state index contributed by atoms with van der Waals surface area (Å²) in [5, 5.41) is 9.92. The van der Waals surface area contributed by atoms with Gasteiger partial charge in [0.15, 0.2) is 9.84 Å². The van der Waals surface area contributed by atoms with E-state index in [9.17, 15) is 31.1 Å². The van der Waals surface area contributed by atoms with Gasteiger partial charge in [0.05, 0.1) is 23.2 Å². The van der Waals surface area contributed by atoms with E-state index in [0.29, 0.717) is 25.1 Å². The van der Waals surface area contributed by atoms with E-state index in [1.807, 2.05) is 60.7 Å². The Morgan fingerprint density at radius 2 is 1.50 bits per heavy atom. The van der Waals surface area contributed by atoms with Crippen molar-refractivity contribution in [2.75, 3.05) is 26.0 Å².